The minimum Gasteiger partial charge on any atom is -0.493 e. The number of hydrogen-bond acceptors (Lipinski definition) is 6. The van der Waals surface area contributed by atoms with Gasteiger partial charge in [-0.2, -0.15) is 0 Å². The molecular weight excluding hydrogens is 540 g/mol. The number of rotatable bonds is 9. The Kier molecular flexibility index (Phi) is 9.09. The van der Waals surface area contributed by atoms with Gasteiger partial charge >= 0.3 is 0 Å². The van der Waals surface area contributed by atoms with Crippen molar-refractivity contribution >= 4 is 67.0 Å². The van der Waals surface area contributed by atoms with Crippen molar-refractivity contribution < 1.29 is 14.3 Å². The van der Waals surface area contributed by atoms with Crippen molar-refractivity contribution in [1.29, 1.82) is 0 Å². The number of benzene rings is 2. The molecule has 4 aromatic rings. The molecular formula is C24H24BrClN4O3S. The van der Waals surface area contributed by atoms with Gasteiger partial charge in [0.2, 0.25) is 0 Å². The Hall–Kier alpha value is -2.88. The van der Waals surface area contributed by atoms with E-state index in [2.05, 4.69) is 20.9 Å². The molecule has 0 spiro atoms. The van der Waals surface area contributed by atoms with E-state index in [0.29, 0.717) is 23.2 Å². The summed E-state index contributed by atoms with van der Waals surface area (Å²) < 4.78 is 14.6. The first-order chi connectivity index (χ1) is 16.1. The van der Waals surface area contributed by atoms with Crippen molar-refractivity contribution in [3.63, 3.8) is 0 Å². The normalized spacial score (nSPS) is 10.9. The highest BCUT2D eigenvalue weighted by Gasteiger charge is 2.18. The van der Waals surface area contributed by atoms with Gasteiger partial charge in [0.05, 0.1) is 30.8 Å². The molecule has 2 aromatic heterocycles. The Morgan fingerprint density at radius 2 is 2.00 bits per heavy atom. The van der Waals surface area contributed by atoms with E-state index in [9.17, 15) is 4.79 Å². The van der Waals surface area contributed by atoms with Gasteiger partial charge in [-0.25, -0.2) is 9.97 Å². The van der Waals surface area contributed by atoms with Crippen LogP contribution >= 0.6 is 39.7 Å². The molecule has 2 heterocycles. The molecule has 178 valence electrons. The molecule has 0 bridgehead atoms. The van der Waals surface area contributed by atoms with E-state index in [4.69, 9.17) is 14.5 Å². The van der Waals surface area contributed by atoms with Crippen LogP contribution in [0.25, 0.3) is 16.3 Å². The third-order valence-corrected chi connectivity index (χ3v) is 6.55. The van der Waals surface area contributed by atoms with Crippen LogP contribution in [0.4, 0.5) is 5.13 Å². The average Bonchev–Trinajstić information content (AvgIpc) is 3.49. The van der Waals surface area contributed by atoms with Crippen LogP contribution in [0.2, 0.25) is 0 Å². The summed E-state index contributed by atoms with van der Waals surface area (Å²) in [5.74, 6) is 1.12. The fourth-order valence-corrected chi connectivity index (χ4v) is 4.90. The molecule has 10 heteroatoms. The van der Waals surface area contributed by atoms with Gasteiger partial charge in [0.15, 0.2) is 16.6 Å². The summed E-state index contributed by atoms with van der Waals surface area (Å²) in [6, 6.07) is 11.5. The standard InChI is InChI=1S/C24H23BrN4O3S.ClH/c1-31-20-8-4-17(14-21(20)32-2)5-9-23(30)29(12-3-11-28-13-10-26-16-28)24-27-19-7-6-18(25)15-22(19)33-24;/h4-10,13-16H,3,11-12H2,1-2H3;1H/b9-5+;. The number of hydrogen-bond donors (Lipinski definition) is 0. The number of halogens is 2. The molecule has 0 aliphatic rings. The fourth-order valence-electron chi connectivity index (χ4n) is 3.35. The number of methoxy groups -OCH3 is 2. The summed E-state index contributed by atoms with van der Waals surface area (Å²) in [5.41, 5.74) is 1.71. The number of carbonyl (C=O) groups excluding carboxylic acids is 1. The smallest absolute Gasteiger partial charge is 0.252 e. The molecule has 4 rings (SSSR count). The van der Waals surface area contributed by atoms with Crippen LogP contribution in [0, 0.1) is 0 Å². The first kappa shape index (κ1) is 25.7. The molecule has 0 unspecified atom stereocenters. The fraction of sp³-hybridized carbons (Fsp3) is 0.208. The lowest BCUT2D eigenvalue weighted by Gasteiger charge is -2.18. The minimum atomic E-state index is -0.131. The third kappa shape index (κ3) is 6.16. The molecule has 0 saturated carbocycles. The second-order valence-electron chi connectivity index (χ2n) is 7.20. The molecule has 0 aliphatic heterocycles. The summed E-state index contributed by atoms with van der Waals surface area (Å²) in [7, 11) is 3.18. The zero-order chi connectivity index (χ0) is 23.2. The van der Waals surface area contributed by atoms with E-state index >= 15 is 0 Å². The molecule has 0 atom stereocenters. The van der Waals surface area contributed by atoms with Crippen molar-refractivity contribution in [3.8, 4) is 11.5 Å². The van der Waals surface area contributed by atoms with E-state index in [-0.39, 0.29) is 18.3 Å². The largest absolute Gasteiger partial charge is 0.493 e. The summed E-state index contributed by atoms with van der Waals surface area (Å²) in [6.45, 7) is 1.30. The Bertz CT molecular complexity index is 1280. The highest BCUT2D eigenvalue weighted by atomic mass is 79.9. The topological polar surface area (TPSA) is 69.5 Å². The lowest BCUT2D eigenvalue weighted by molar-refractivity contribution is -0.114. The van der Waals surface area contributed by atoms with Crippen molar-refractivity contribution in [2.45, 2.75) is 13.0 Å². The minimum absolute atomic E-state index is 0. The maximum atomic E-state index is 13.3. The summed E-state index contributed by atoms with van der Waals surface area (Å²) in [6.07, 6.45) is 9.56. The third-order valence-electron chi connectivity index (χ3n) is 5.02. The molecule has 0 N–H and O–H groups in total. The number of fused-ring (bicyclic) bond motifs is 1. The molecule has 1 amide bonds. The predicted molar refractivity (Wildman–Crippen MR) is 142 cm³/mol. The molecule has 34 heavy (non-hydrogen) atoms. The van der Waals surface area contributed by atoms with Gasteiger partial charge in [0, 0.05) is 36.0 Å². The van der Waals surface area contributed by atoms with Crippen LogP contribution in [-0.4, -0.2) is 41.2 Å². The van der Waals surface area contributed by atoms with E-state index in [1.807, 2.05) is 47.2 Å². The number of imidazole rings is 1. The molecule has 0 aliphatic carbocycles. The van der Waals surface area contributed by atoms with Gasteiger partial charge in [0.1, 0.15) is 0 Å². The van der Waals surface area contributed by atoms with Crippen LogP contribution in [0.3, 0.4) is 0 Å². The van der Waals surface area contributed by atoms with Gasteiger partial charge in [-0.05, 0) is 48.4 Å². The highest BCUT2D eigenvalue weighted by Crippen LogP contribution is 2.32. The number of ether oxygens (including phenoxy) is 2. The first-order valence-electron chi connectivity index (χ1n) is 10.3. The molecule has 0 saturated heterocycles. The van der Waals surface area contributed by atoms with Crippen LogP contribution in [0.15, 0.2) is 65.7 Å². The van der Waals surface area contributed by atoms with Gasteiger partial charge in [-0.3, -0.25) is 9.69 Å². The quantitative estimate of drug-likeness (QED) is 0.240. The number of anilines is 1. The van der Waals surface area contributed by atoms with Gasteiger partial charge in [-0.1, -0.05) is 33.3 Å². The van der Waals surface area contributed by atoms with E-state index in [1.54, 1.807) is 43.8 Å². The first-order valence-corrected chi connectivity index (χ1v) is 11.9. The van der Waals surface area contributed by atoms with E-state index in [0.717, 1.165) is 33.2 Å². The second-order valence-corrected chi connectivity index (χ2v) is 9.12. The van der Waals surface area contributed by atoms with Crippen LogP contribution in [0.5, 0.6) is 11.5 Å². The van der Waals surface area contributed by atoms with Gasteiger partial charge < -0.3 is 14.0 Å². The number of thiazole rings is 1. The Labute approximate surface area is 216 Å². The predicted octanol–water partition coefficient (Wildman–Crippen LogP) is 5.83. The van der Waals surface area contributed by atoms with Crippen LogP contribution in [0.1, 0.15) is 12.0 Å². The molecule has 0 radical (unpaired) electrons. The monoisotopic (exact) mass is 562 g/mol. The number of aryl methyl sites for hydroxylation is 1. The summed E-state index contributed by atoms with van der Waals surface area (Å²) in [4.78, 5) is 23.8. The van der Waals surface area contributed by atoms with Gasteiger partial charge in [-0.15, -0.1) is 12.4 Å². The Balaban J connectivity index is 0.00000324. The number of amides is 1. The van der Waals surface area contributed by atoms with Crippen LogP contribution in [-0.2, 0) is 11.3 Å². The zero-order valence-corrected chi connectivity index (χ0v) is 21.9. The summed E-state index contributed by atoms with van der Waals surface area (Å²) >= 11 is 5.01. The van der Waals surface area contributed by atoms with Crippen molar-refractivity contribution in [2.75, 3.05) is 25.7 Å². The number of nitrogens with zero attached hydrogens (tertiary/aromatic N) is 4. The van der Waals surface area contributed by atoms with Gasteiger partial charge in [0.25, 0.3) is 5.91 Å². The summed E-state index contributed by atoms with van der Waals surface area (Å²) in [5, 5.41) is 0.677. The Morgan fingerprint density at radius 3 is 2.74 bits per heavy atom. The number of carbonyl (C=O) groups is 1. The molecule has 2 aromatic carbocycles. The van der Waals surface area contributed by atoms with Crippen LogP contribution < -0.4 is 14.4 Å². The zero-order valence-electron chi connectivity index (χ0n) is 18.7. The average molecular weight is 564 g/mol. The van der Waals surface area contributed by atoms with Crippen molar-refractivity contribution in [3.05, 3.63) is 71.2 Å². The lowest BCUT2D eigenvalue weighted by atomic mass is 10.2. The molecule has 7 nitrogen and oxygen atoms in total. The molecule has 0 fully saturated rings. The van der Waals surface area contributed by atoms with Crippen molar-refractivity contribution in [2.24, 2.45) is 0 Å². The maximum Gasteiger partial charge on any atom is 0.252 e. The van der Waals surface area contributed by atoms with Crippen molar-refractivity contribution in [1.82, 2.24) is 14.5 Å². The van der Waals surface area contributed by atoms with E-state index in [1.165, 1.54) is 11.3 Å². The highest BCUT2D eigenvalue weighted by molar-refractivity contribution is 9.10. The number of aromatic nitrogens is 3. The maximum absolute atomic E-state index is 13.3. The van der Waals surface area contributed by atoms with E-state index < -0.39 is 0 Å². The lowest BCUT2D eigenvalue weighted by Crippen LogP contribution is -2.30. The Morgan fingerprint density at radius 1 is 1.18 bits per heavy atom. The SMILES string of the molecule is COc1ccc(/C=C/C(=O)N(CCCn2ccnc2)c2nc3ccc(Br)cc3s2)cc1OC.Cl. The second kappa shape index (κ2) is 12.0.